The van der Waals surface area contributed by atoms with E-state index in [0.717, 1.165) is 25.0 Å². The molecule has 1 aromatic rings. The lowest BCUT2D eigenvalue weighted by Crippen LogP contribution is -2.34. The molecule has 1 aliphatic heterocycles. The fraction of sp³-hybridized carbons (Fsp3) is 0.500. The first-order valence-corrected chi connectivity index (χ1v) is 5.24. The quantitative estimate of drug-likeness (QED) is 0.778. The summed E-state index contributed by atoms with van der Waals surface area (Å²) in [5.74, 6) is 0.941. The predicted octanol–water partition coefficient (Wildman–Crippen LogP) is 2.15. The van der Waals surface area contributed by atoms with Gasteiger partial charge in [-0.25, -0.2) is 0 Å². The van der Waals surface area contributed by atoms with E-state index in [0.29, 0.717) is 0 Å². The van der Waals surface area contributed by atoms with Crippen molar-refractivity contribution in [2.45, 2.75) is 38.4 Å². The summed E-state index contributed by atoms with van der Waals surface area (Å²) in [6, 6.07) is 8.06. The van der Waals surface area contributed by atoms with E-state index in [-0.39, 0.29) is 12.2 Å². The molecule has 1 N–H and O–H groups in total. The van der Waals surface area contributed by atoms with Gasteiger partial charge >= 0.3 is 0 Å². The molecule has 0 saturated heterocycles. The molecule has 1 aliphatic rings. The molecule has 2 nitrogen and oxygen atoms in total. The molecule has 0 saturated carbocycles. The van der Waals surface area contributed by atoms with Gasteiger partial charge in [0, 0.05) is 0 Å². The van der Waals surface area contributed by atoms with Crippen molar-refractivity contribution in [2.75, 3.05) is 0 Å². The number of benzene rings is 1. The molecule has 0 aromatic heterocycles. The zero-order valence-corrected chi connectivity index (χ0v) is 8.44. The summed E-state index contributed by atoms with van der Waals surface area (Å²) in [6.45, 7) is 1.98. The molecule has 0 unspecified atom stereocenters. The number of aliphatic hydroxyl groups is 1. The Morgan fingerprint density at radius 2 is 2.29 bits per heavy atom. The van der Waals surface area contributed by atoms with Gasteiger partial charge in [-0.3, -0.25) is 0 Å². The average Bonchev–Trinajstić information content (AvgIpc) is 2.27. The SMILES string of the molecule is CC[C@H](O)[C@@H]1CCc2ccccc2O1. The molecule has 2 atom stereocenters. The van der Waals surface area contributed by atoms with Crippen LogP contribution in [0.3, 0.4) is 0 Å². The van der Waals surface area contributed by atoms with Crippen molar-refractivity contribution in [3.63, 3.8) is 0 Å². The third-order valence-corrected chi connectivity index (χ3v) is 2.80. The van der Waals surface area contributed by atoms with Crippen LogP contribution in [-0.2, 0) is 6.42 Å². The topological polar surface area (TPSA) is 29.5 Å². The first-order valence-electron chi connectivity index (χ1n) is 5.24. The Labute approximate surface area is 84.5 Å². The summed E-state index contributed by atoms with van der Waals surface area (Å²) in [4.78, 5) is 0. The van der Waals surface area contributed by atoms with Crippen molar-refractivity contribution in [3.8, 4) is 5.75 Å². The van der Waals surface area contributed by atoms with Crippen LogP contribution in [0.15, 0.2) is 24.3 Å². The summed E-state index contributed by atoms with van der Waals surface area (Å²) in [7, 11) is 0. The minimum absolute atomic E-state index is 0.0186. The highest BCUT2D eigenvalue weighted by molar-refractivity contribution is 5.35. The lowest BCUT2D eigenvalue weighted by atomic mass is 9.98. The molecule has 2 heteroatoms. The van der Waals surface area contributed by atoms with Gasteiger partial charge in [-0.1, -0.05) is 25.1 Å². The van der Waals surface area contributed by atoms with Gasteiger partial charge < -0.3 is 9.84 Å². The van der Waals surface area contributed by atoms with Gasteiger partial charge in [0.2, 0.25) is 0 Å². The predicted molar refractivity (Wildman–Crippen MR) is 55.5 cm³/mol. The smallest absolute Gasteiger partial charge is 0.125 e. The van der Waals surface area contributed by atoms with E-state index in [1.54, 1.807) is 0 Å². The molecule has 1 heterocycles. The number of rotatable bonds is 2. The van der Waals surface area contributed by atoms with Crippen molar-refractivity contribution < 1.29 is 9.84 Å². The van der Waals surface area contributed by atoms with Crippen molar-refractivity contribution in [1.82, 2.24) is 0 Å². The van der Waals surface area contributed by atoms with Crippen LogP contribution in [0.4, 0.5) is 0 Å². The van der Waals surface area contributed by atoms with Gasteiger partial charge in [-0.05, 0) is 30.9 Å². The fourth-order valence-corrected chi connectivity index (χ4v) is 1.88. The average molecular weight is 192 g/mol. The number of hydrogen-bond acceptors (Lipinski definition) is 2. The van der Waals surface area contributed by atoms with Gasteiger partial charge in [0.25, 0.3) is 0 Å². The monoisotopic (exact) mass is 192 g/mol. The number of hydrogen-bond donors (Lipinski definition) is 1. The van der Waals surface area contributed by atoms with Crippen LogP contribution in [0.2, 0.25) is 0 Å². The number of fused-ring (bicyclic) bond motifs is 1. The highest BCUT2D eigenvalue weighted by atomic mass is 16.5. The Morgan fingerprint density at radius 3 is 3.07 bits per heavy atom. The van der Waals surface area contributed by atoms with Crippen LogP contribution in [0.5, 0.6) is 5.75 Å². The highest BCUT2D eigenvalue weighted by Gasteiger charge is 2.24. The number of ether oxygens (including phenoxy) is 1. The number of aliphatic hydroxyl groups excluding tert-OH is 1. The molecule has 0 radical (unpaired) electrons. The largest absolute Gasteiger partial charge is 0.487 e. The van der Waals surface area contributed by atoms with Crippen molar-refractivity contribution in [1.29, 1.82) is 0 Å². The maximum atomic E-state index is 9.68. The van der Waals surface area contributed by atoms with Gasteiger partial charge in [-0.15, -0.1) is 0 Å². The standard InChI is InChI=1S/C12H16O2/c1-2-10(13)12-8-7-9-5-3-4-6-11(9)14-12/h3-6,10,12-13H,2,7-8H2,1H3/t10-,12-/m0/s1. The maximum Gasteiger partial charge on any atom is 0.125 e. The minimum Gasteiger partial charge on any atom is -0.487 e. The molecule has 76 valence electrons. The van der Waals surface area contributed by atoms with E-state index in [1.165, 1.54) is 5.56 Å². The molecular formula is C12H16O2. The minimum atomic E-state index is -0.330. The first-order chi connectivity index (χ1) is 6.81. The third-order valence-electron chi connectivity index (χ3n) is 2.80. The van der Waals surface area contributed by atoms with E-state index < -0.39 is 0 Å². The number of para-hydroxylation sites is 1. The zero-order valence-electron chi connectivity index (χ0n) is 8.44. The molecule has 0 fully saturated rings. The molecule has 0 aliphatic carbocycles. The Bertz CT molecular complexity index is 309. The molecule has 0 bridgehead atoms. The highest BCUT2D eigenvalue weighted by Crippen LogP contribution is 2.28. The van der Waals surface area contributed by atoms with Crippen LogP contribution in [-0.4, -0.2) is 17.3 Å². The summed E-state index contributed by atoms with van der Waals surface area (Å²) < 4.78 is 5.73. The van der Waals surface area contributed by atoms with Crippen LogP contribution >= 0.6 is 0 Å². The normalized spacial score (nSPS) is 22.3. The molecule has 0 amide bonds. The van der Waals surface area contributed by atoms with Gasteiger partial charge in [0.05, 0.1) is 6.10 Å². The van der Waals surface area contributed by atoms with Crippen LogP contribution in [0.25, 0.3) is 0 Å². The van der Waals surface area contributed by atoms with Crippen LogP contribution < -0.4 is 4.74 Å². The Balaban J connectivity index is 2.13. The maximum absolute atomic E-state index is 9.68. The third kappa shape index (κ3) is 1.75. The Kier molecular flexibility index (Phi) is 2.73. The van der Waals surface area contributed by atoms with E-state index in [1.807, 2.05) is 25.1 Å². The number of aryl methyl sites for hydroxylation is 1. The second-order valence-electron chi connectivity index (χ2n) is 3.78. The van der Waals surface area contributed by atoms with Crippen molar-refractivity contribution >= 4 is 0 Å². The van der Waals surface area contributed by atoms with Gasteiger partial charge in [-0.2, -0.15) is 0 Å². The lowest BCUT2D eigenvalue weighted by Gasteiger charge is -2.28. The summed E-state index contributed by atoms with van der Waals surface area (Å²) in [5, 5.41) is 9.68. The van der Waals surface area contributed by atoms with Crippen molar-refractivity contribution in [2.24, 2.45) is 0 Å². The second kappa shape index (κ2) is 4.01. The van der Waals surface area contributed by atoms with E-state index >= 15 is 0 Å². The molecule has 2 rings (SSSR count). The zero-order chi connectivity index (χ0) is 9.97. The summed E-state index contributed by atoms with van der Waals surface area (Å²) >= 11 is 0. The molecular weight excluding hydrogens is 176 g/mol. The molecule has 0 spiro atoms. The Morgan fingerprint density at radius 1 is 1.50 bits per heavy atom. The van der Waals surface area contributed by atoms with E-state index in [9.17, 15) is 5.11 Å². The molecule has 1 aromatic carbocycles. The van der Waals surface area contributed by atoms with E-state index in [2.05, 4.69) is 6.07 Å². The molecule has 14 heavy (non-hydrogen) atoms. The first kappa shape index (κ1) is 9.53. The second-order valence-corrected chi connectivity index (χ2v) is 3.78. The van der Waals surface area contributed by atoms with Crippen LogP contribution in [0.1, 0.15) is 25.3 Å². The van der Waals surface area contributed by atoms with E-state index in [4.69, 9.17) is 4.74 Å². The summed E-state index contributed by atoms with van der Waals surface area (Å²) in [6.07, 6.45) is 2.34. The van der Waals surface area contributed by atoms with Crippen molar-refractivity contribution in [3.05, 3.63) is 29.8 Å². The van der Waals surface area contributed by atoms with Gasteiger partial charge in [0.1, 0.15) is 11.9 Å². The van der Waals surface area contributed by atoms with Gasteiger partial charge in [0.15, 0.2) is 0 Å². The lowest BCUT2D eigenvalue weighted by molar-refractivity contribution is 0.0220. The van der Waals surface area contributed by atoms with Crippen LogP contribution in [0, 0.1) is 0 Å². The summed E-state index contributed by atoms with van der Waals surface area (Å²) in [5.41, 5.74) is 1.26. The fourth-order valence-electron chi connectivity index (χ4n) is 1.88. The Hall–Kier alpha value is -1.02.